The van der Waals surface area contributed by atoms with Crippen molar-refractivity contribution in [3.05, 3.63) is 90.2 Å². The number of nitrogens with zero attached hydrogens (tertiary/aromatic N) is 1. The van der Waals surface area contributed by atoms with Crippen LogP contribution in [0.4, 0.5) is 5.69 Å². The fraction of sp³-hybridized carbons (Fsp3) is 0.192. The van der Waals surface area contributed by atoms with E-state index in [1.54, 1.807) is 20.5 Å². The van der Waals surface area contributed by atoms with Gasteiger partial charge in [0.05, 0.1) is 26.2 Å². The van der Waals surface area contributed by atoms with Gasteiger partial charge in [0.25, 0.3) is 0 Å². The number of rotatable bonds is 8. The molecule has 160 valence electrons. The van der Waals surface area contributed by atoms with E-state index in [4.69, 9.17) is 23.9 Å². The first kappa shape index (κ1) is 22.0. The molecule has 3 aromatic carbocycles. The van der Waals surface area contributed by atoms with Crippen molar-refractivity contribution in [3.8, 4) is 23.0 Å². The van der Waals surface area contributed by atoms with Crippen molar-refractivity contribution < 1.29 is 18.9 Å². The number of aryl methyl sites for hydroxylation is 1. The molecule has 5 nitrogen and oxygen atoms in total. The first-order valence-corrected chi connectivity index (χ1v) is 10.1. The van der Waals surface area contributed by atoms with E-state index in [-0.39, 0.29) is 0 Å². The van der Waals surface area contributed by atoms with E-state index in [0.29, 0.717) is 17.4 Å². The number of benzene rings is 3. The highest BCUT2D eigenvalue weighted by atomic mass is 16.5. The van der Waals surface area contributed by atoms with Gasteiger partial charge in [-0.05, 0) is 67.4 Å². The molecule has 0 unspecified atom stereocenters. The lowest BCUT2D eigenvalue weighted by Gasteiger charge is -2.12. The number of ether oxygens (including phenoxy) is 4. The third kappa shape index (κ3) is 6.12. The van der Waals surface area contributed by atoms with Gasteiger partial charge in [0, 0.05) is 5.57 Å². The molecular weight excluding hydrogens is 390 g/mol. The van der Waals surface area contributed by atoms with Crippen LogP contribution in [0.2, 0.25) is 0 Å². The summed E-state index contributed by atoms with van der Waals surface area (Å²) in [4.78, 5) is 4.70. The molecule has 0 saturated carbocycles. The highest BCUT2D eigenvalue weighted by Gasteiger charge is 2.10. The summed E-state index contributed by atoms with van der Waals surface area (Å²) in [6.45, 7) is 4.00. The lowest BCUT2D eigenvalue weighted by molar-refractivity contribution is 0.377. The van der Waals surface area contributed by atoms with Crippen LogP contribution in [-0.2, 0) is 6.42 Å². The average Bonchev–Trinajstić information content (AvgIpc) is 2.82. The van der Waals surface area contributed by atoms with Crippen molar-refractivity contribution in [3.63, 3.8) is 0 Å². The summed E-state index contributed by atoms with van der Waals surface area (Å²) in [6, 6.07) is 22.9. The zero-order chi connectivity index (χ0) is 22.1. The molecule has 3 rings (SSSR count). The van der Waals surface area contributed by atoms with Crippen molar-refractivity contribution in [2.45, 2.75) is 20.3 Å². The molecule has 0 amide bonds. The van der Waals surface area contributed by atoms with E-state index in [1.165, 1.54) is 5.56 Å². The smallest absolute Gasteiger partial charge is 0.225 e. The predicted molar refractivity (Wildman–Crippen MR) is 124 cm³/mol. The fourth-order valence-electron chi connectivity index (χ4n) is 2.82. The molecule has 0 bridgehead atoms. The highest BCUT2D eigenvalue weighted by molar-refractivity contribution is 5.96. The molecule has 0 radical (unpaired) electrons. The molecule has 5 heteroatoms. The fourth-order valence-corrected chi connectivity index (χ4v) is 2.82. The number of para-hydroxylation sites is 2. The third-order valence-corrected chi connectivity index (χ3v) is 4.59. The quantitative estimate of drug-likeness (QED) is 0.243. The van der Waals surface area contributed by atoms with Crippen LogP contribution in [0.3, 0.4) is 0 Å². The van der Waals surface area contributed by atoms with E-state index >= 15 is 0 Å². The Morgan fingerprint density at radius 3 is 2.26 bits per heavy atom. The maximum Gasteiger partial charge on any atom is 0.225 e. The minimum absolute atomic E-state index is 0.438. The van der Waals surface area contributed by atoms with Crippen LogP contribution in [0.1, 0.15) is 19.4 Å². The molecule has 0 spiro atoms. The van der Waals surface area contributed by atoms with Crippen molar-refractivity contribution in [1.29, 1.82) is 0 Å². The van der Waals surface area contributed by atoms with Crippen molar-refractivity contribution in [1.82, 2.24) is 0 Å². The summed E-state index contributed by atoms with van der Waals surface area (Å²) in [6.07, 6.45) is 2.54. The molecule has 0 N–H and O–H groups in total. The van der Waals surface area contributed by atoms with Crippen LogP contribution in [0.5, 0.6) is 23.0 Å². The maximum absolute atomic E-state index is 6.16. The van der Waals surface area contributed by atoms with Gasteiger partial charge in [-0.2, -0.15) is 0 Å². The molecule has 0 aliphatic carbocycles. The van der Waals surface area contributed by atoms with Crippen molar-refractivity contribution in [2.75, 3.05) is 14.2 Å². The molecule has 31 heavy (non-hydrogen) atoms. The SMILES string of the molecule is CCc1cccc(OC(=N/c2ccc(OC)cc2)/C(C)=C/Oc2ccccc2OC)c1. The Hall–Kier alpha value is -3.73. The second kappa shape index (κ2) is 10.9. The highest BCUT2D eigenvalue weighted by Crippen LogP contribution is 2.27. The van der Waals surface area contributed by atoms with E-state index in [0.717, 1.165) is 29.2 Å². The lowest BCUT2D eigenvalue weighted by Crippen LogP contribution is -2.11. The average molecular weight is 418 g/mol. The van der Waals surface area contributed by atoms with Gasteiger partial charge < -0.3 is 18.9 Å². The minimum Gasteiger partial charge on any atom is -0.497 e. The normalized spacial score (nSPS) is 11.7. The van der Waals surface area contributed by atoms with Gasteiger partial charge in [-0.15, -0.1) is 0 Å². The maximum atomic E-state index is 6.16. The largest absolute Gasteiger partial charge is 0.497 e. The van der Waals surface area contributed by atoms with Gasteiger partial charge >= 0.3 is 0 Å². The van der Waals surface area contributed by atoms with Crippen LogP contribution >= 0.6 is 0 Å². The van der Waals surface area contributed by atoms with Crippen molar-refractivity contribution >= 4 is 11.6 Å². The second-order valence-corrected chi connectivity index (χ2v) is 6.79. The van der Waals surface area contributed by atoms with Gasteiger partial charge in [0.1, 0.15) is 11.5 Å². The Labute approximate surface area is 183 Å². The van der Waals surface area contributed by atoms with Crippen LogP contribution in [0, 0.1) is 0 Å². The Morgan fingerprint density at radius 1 is 0.839 bits per heavy atom. The van der Waals surface area contributed by atoms with Gasteiger partial charge in [0.15, 0.2) is 11.5 Å². The van der Waals surface area contributed by atoms with E-state index in [2.05, 4.69) is 13.0 Å². The van der Waals surface area contributed by atoms with E-state index in [9.17, 15) is 0 Å². The second-order valence-electron chi connectivity index (χ2n) is 6.79. The summed E-state index contributed by atoms with van der Waals surface area (Å²) >= 11 is 0. The first-order valence-electron chi connectivity index (χ1n) is 10.1. The van der Waals surface area contributed by atoms with E-state index < -0.39 is 0 Å². The molecule has 0 saturated heterocycles. The summed E-state index contributed by atoms with van der Waals surface area (Å²) in [5.74, 6) is 3.19. The van der Waals surface area contributed by atoms with Gasteiger partial charge in [0.2, 0.25) is 5.90 Å². The summed E-state index contributed by atoms with van der Waals surface area (Å²) in [5, 5.41) is 0. The topological polar surface area (TPSA) is 49.3 Å². The number of methoxy groups -OCH3 is 2. The molecule has 0 heterocycles. The number of hydrogen-bond acceptors (Lipinski definition) is 5. The number of hydrogen-bond donors (Lipinski definition) is 0. The van der Waals surface area contributed by atoms with Crippen molar-refractivity contribution in [2.24, 2.45) is 4.99 Å². The van der Waals surface area contributed by atoms with Gasteiger partial charge in [-0.25, -0.2) is 4.99 Å². The Bertz CT molecular complexity index is 1060. The Kier molecular flexibility index (Phi) is 7.71. The summed E-state index contributed by atoms with van der Waals surface area (Å²) in [5.41, 5.74) is 2.66. The molecule has 0 aromatic heterocycles. The standard InChI is InChI=1S/C26H27NO4/c1-5-20-9-8-10-23(17-20)31-26(27-21-13-15-22(28-3)16-14-21)19(2)18-30-25-12-7-6-11-24(25)29-4/h6-18H,5H2,1-4H3/b19-18+,27-26+. The number of aliphatic imine (C=N–C) groups is 1. The molecule has 0 aliphatic rings. The van der Waals surface area contributed by atoms with Gasteiger partial charge in [-0.3, -0.25) is 0 Å². The summed E-state index contributed by atoms with van der Waals surface area (Å²) in [7, 11) is 3.24. The monoisotopic (exact) mass is 417 g/mol. The van der Waals surface area contributed by atoms with Crippen LogP contribution < -0.4 is 18.9 Å². The molecule has 3 aromatic rings. The predicted octanol–water partition coefficient (Wildman–Crippen LogP) is 6.36. The zero-order valence-corrected chi connectivity index (χ0v) is 18.3. The van der Waals surface area contributed by atoms with Crippen LogP contribution in [-0.4, -0.2) is 20.1 Å². The lowest BCUT2D eigenvalue weighted by atomic mass is 10.2. The molecule has 0 aliphatic heterocycles. The minimum atomic E-state index is 0.438. The summed E-state index contributed by atoms with van der Waals surface area (Å²) < 4.78 is 22.6. The van der Waals surface area contributed by atoms with Crippen LogP contribution in [0.25, 0.3) is 0 Å². The first-order chi connectivity index (χ1) is 15.1. The van der Waals surface area contributed by atoms with E-state index in [1.807, 2.05) is 73.7 Å². The van der Waals surface area contributed by atoms with Crippen LogP contribution in [0.15, 0.2) is 89.6 Å². The zero-order valence-electron chi connectivity index (χ0n) is 18.3. The molecule has 0 fully saturated rings. The Morgan fingerprint density at radius 2 is 1.58 bits per heavy atom. The van der Waals surface area contributed by atoms with Gasteiger partial charge in [-0.1, -0.05) is 31.2 Å². The molecule has 0 atom stereocenters. The molecular formula is C26H27NO4. The Balaban J connectivity index is 1.92. The third-order valence-electron chi connectivity index (χ3n) is 4.59.